The molecule has 1 amide bonds. The van der Waals surface area contributed by atoms with Gasteiger partial charge in [0.25, 0.3) is 15.9 Å². The number of nitrogens with zero attached hydrogens (tertiary/aromatic N) is 2. The lowest BCUT2D eigenvalue weighted by Crippen LogP contribution is -2.25. The zero-order valence-electron chi connectivity index (χ0n) is 17.5. The van der Waals surface area contributed by atoms with Crippen LogP contribution in [0.1, 0.15) is 28.8 Å². The fourth-order valence-corrected chi connectivity index (χ4v) is 5.28. The van der Waals surface area contributed by atoms with Crippen molar-refractivity contribution in [3.63, 3.8) is 0 Å². The van der Waals surface area contributed by atoms with Crippen LogP contribution in [0.3, 0.4) is 0 Å². The number of nitrogens with one attached hydrogen (secondary N) is 1. The zero-order valence-corrected chi connectivity index (χ0v) is 19.1. The maximum atomic E-state index is 14.6. The van der Waals surface area contributed by atoms with Crippen molar-refractivity contribution < 1.29 is 17.6 Å². The summed E-state index contributed by atoms with van der Waals surface area (Å²) in [4.78, 5) is 12.5. The minimum atomic E-state index is -3.95. The smallest absolute Gasteiger partial charge is 0.283 e. The number of hydrogen-bond acceptors (Lipinski definition) is 4. The SMILES string of the molecule is Cc1c(F)cc(C(=O)NC2CC2)cc1-c1ccc2c(cnn2S(=O)(=O)c2cccc(Cl)c2)c1. The number of halogens is 2. The molecule has 1 aromatic heterocycles. The molecular formula is C24H19ClFN3O3S. The number of amides is 1. The molecule has 0 unspecified atom stereocenters. The first-order valence-electron chi connectivity index (χ1n) is 10.3. The molecule has 1 heterocycles. The van der Waals surface area contributed by atoms with E-state index in [0.29, 0.717) is 32.6 Å². The molecule has 1 N–H and O–H groups in total. The largest absolute Gasteiger partial charge is 0.349 e. The highest BCUT2D eigenvalue weighted by molar-refractivity contribution is 7.90. The van der Waals surface area contributed by atoms with Crippen LogP contribution in [-0.4, -0.2) is 29.6 Å². The van der Waals surface area contributed by atoms with Gasteiger partial charge in [-0.25, -0.2) is 4.39 Å². The van der Waals surface area contributed by atoms with Crippen molar-refractivity contribution in [1.29, 1.82) is 0 Å². The fraction of sp³-hybridized carbons (Fsp3) is 0.167. The molecule has 4 aromatic rings. The Kier molecular flexibility index (Phi) is 5.22. The van der Waals surface area contributed by atoms with Crippen molar-refractivity contribution in [1.82, 2.24) is 14.5 Å². The molecule has 1 aliphatic rings. The number of carbonyl (C=O) groups is 1. The molecule has 33 heavy (non-hydrogen) atoms. The van der Waals surface area contributed by atoms with Crippen LogP contribution in [0.4, 0.5) is 4.39 Å². The van der Waals surface area contributed by atoms with Gasteiger partial charge in [0.1, 0.15) is 5.82 Å². The Bertz CT molecular complexity index is 1530. The maximum Gasteiger partial charge on any atom is 0.283 e. The number of rotatable bonds is 5. The topological polar surface area (TPSA) is 81.1 Å². The first kappa shape index (κ1) is 21.6. The van der Waals surface area contributed by atoms with Crippen LogP contribution in [0.2, 0.25) is 5.02 Å². The highest BCUT2D eigenvalue weighted by Crippen LogP contribution is 2.31. The Hall–Kier alpha value is -3.23. The van der Waals surface area contributed by atoms with Crippen molar-refractivity contribution in [3.8, 4) is 11.1 Å². The van der Waals surface area contributed by atoms with Crippen LogP contribution in [0.15, 0.2) is 65.7 Å². The summed E-state index contributed by atoms with van der Waals surface area (Å²) in [5.41, 5.74) is 2.23. The molecule has 1 fully saturated rings. The Labute approximate surface area is 195 Å². The zero-order chi connectivity index (χ0) is 23.3. The molecule has 5 rings (SSSR count). The van der Waals surface area contributed by atoms with Crippen LogP contribution in [-0.2, 0) is 10.0 Å². The van der Waals surface area contributed by atoms with Crippen molar-refractivity contribution >= 4 is 38.4 Å². The molecule has 9 heteroatoms. The van der Waals surface area contributed by atoms with Crippen LogP contribution in [0.25, 0.3) is 22.0 Å². The molecule has 0 atom stereocenters. The molecule has 3 aromatic carbocycles. The fourth-order valence-electron chi connectivity index (χ4n) is 3.70. The summed E-state index contributed by atoms with van der Waals surface area (Å²) in [6, 6.07) is 14.1. The van der Waals surface area contributed by atoms with E-state index in [0.717, 1.165) is 16.9 Å². The first-order valence-corrected chi connectivity index (χ1v) is 12.2. The Morgan fingerprint density at radius 2 is 1.94 bits per heavy atom. The van der Waals surface area contributed by atoms with E-state index in [1.165, 1.54) is 24.4 Å². The highest BCUT2D eigenvalue weighted by Gasteiger charge is 2.25. The van der Waals surface area contributed by atoms with E-state index in [-0.39, 0.29) is 22.4 Å². The standard InChI is InChI=1S/C24H19ClFN3O3S/c1-14-21(10-16(11-22(14)26)24(30)28-19-6-7-19)15-5-8-23-17(9-15)13-27-29(23)33(31,32)20-4-2-3-18(25)12-20/h2-5,8-13,19H,6-7H2,1H3,(H,28,30). The van der Waals surface area contributed by atoms with E-state index >= 15 is 0 Å². The predicted octanol–water partition coefficient (Wildman–Crippen LogP) is 4.93. The summed E-state index contributed by atoms with van der Waals surface area (Å²) in [7, 11) is -3.95. The molecule has 0 aliphatic heterocycles. The van der Waals surface area contributed by atoms with Gasteiger partial charge >= 0.3 is 0 Å². The van der Waals surface area contributed by atoms with E-state index in [9.17, 15) is 17.6 Å². The van der Waals surface area contributed by atoms with Crippen LogP contribution in [0, 0.1) is 12.7 Å². The van der Waals surface area contributed by atoms with Crippen molar-refractivity contribution in [2.45, 2.75) is 30.7 Å². The van der Waals surface area contributed by atoms with E-state index in [4.69, 9.17) is 11.6 Å². The normalized spacial score (nSPS) is 13.9. The van der Waals surface area contributed by atoms with Gasteiger partial charge in [0.15, 0.2) is 0 Å². The Balaban J connectivity index is 1.56. The number of hydrogen-bond donors (Lipinski definition) is 1. The number of aromatic nitrogens is 2. The van der Waals surface area contributed by atoms with Gasteiger partial charge in [-0.15, -0.1) is 0 Å². The lowest BCUT2D eigenvalue weighted by Gasteiger charge is -2.12. The van der Waals surface area contributed by atoms with Crippen LogP contribution >= 0.6 is 11.6 Å². The summed E-state index contributed by atoms with van der Waals surface area (Å²) in [5, 5.41) is 7.81. The number of carbonyl (C=O) groups excluding carboxylic acids is 1. The molecule has 6 nitrogen and oxygen atoms in total. The monoisotopic (exact) mass is 483 g/mol. The molecule has 0 radical (unpaired) electrons. The summed E-state index contributed by atoms with van der Waals surface area (Å²) >= 11 is 5.96. The summed E-state index contributed by atoms with van der Waals surface area (Å²) < 4.78 is 41.7. The second-order valence-corrected chi connectivity index (χ2v) is 10.3. The van der Waals surface area contributed by atoms with Gasteiger partial charge < -0.3 is 5.32 Å². The molecule has 0 bridgehead atoms. The first-order chi connectivity index (χ1) is 15.7. The third kappa shape index (κ3) is 4.00. The molecule has 0 saturated heterocycles. The van der Waals surface area contributed by atoms with Crippen LogP contribution in [0.5, 0.6) is 0 Å². The molecular weight excluding hydrogens is 465 g/mol. The minimum Gasteiger partial charge on any atom is -0.349 e. The van der Waals surface area contributed by atoms with E-state index in [1.807, 2.05) is 0 Å². The molecule has 0 spiro atoms. The van der Waals surface area contributed by atoms with Gasteiger partial charge in [0.05, 0.1) is 16.6 Å². The van der Waals surface area contributed by atoms with Gasteiger partial charge in [-0.3, -0.25) is 4.79 Å². The number of fused-ring (bicyclic) bond motifs is 1. The van der Waals surface area contributed by atoms with Gasteiger partial charge in [-0.2, -0.15) is 17.6 Å². The molecule has 1 saturated carbocycles. The number of benzene rings is 3. The Morgan fingerprint density at radius 3 is 2.67 bits per heavy atom. The van der Waals surface area contributed by atoms with E-state index < -0.39 is 15.8 Å². The maximum absolute atomic E-state index is 14.6. The second-order valence-electron chi connectivity index (χ2n) is 8.10. The van der Waals surface area contributed by atoms with Gasteiger partial charge in [-0.1, -0.05) is 23.7 Å². The molecule has 1 aliphatic carbocycles. The van der Waals surface area contributed by atoms with Gasteiger partial charge in [0, 0.05) is 22.0 Å². The van der Waals surface area contributed by atoms with E-state index in [2.05, 4.69) is 10.4 Å². The third-order valence-corrected chi connectivity index (χ3v) is 7.52. The van der Waals surface area contributed by atoms with Crippen molar-refractivity contribution in [3.05, 3.63) is 82.8 Å². The molecule has 168 valence electrons. The van der Waals surface area contributed by atoms with Gasteiger partial charge in [-0.05, 0) is 78.9 Å². The second kappa shape index (κ2) is 7.97. The highest BCUT2D eigenvalue weighted by atomic mass is 35.5. The van der Waals surface area contributed by atoms with Crippen molar-refractivity contribution in [2.24, 2.45) is 0 Å². The minimum absolute atomic E-state index is 0.0244. The van der Waals surface area contributed by atoms with Crippen molar-refractivity contribution in [2.75, 3.05) is 0 Å². The lowest BCUT2D eigenvalue weighted by atomic mass is 9.96. The lowest BCUT2D eigenvalue weighted by molar-refractivity contribution is 0.0950. The summed E-state index contributed by atoms with van der Waals surface area (Å²) in [6.07, 6.45) is 3.31. The van der Waals surface area contributed by atoms with E-state index in [1.54, 1.807) is 43.3 Å². The quantitative estimate of drug-likeness (QED) is 0.436. The van der Waals surface area contributed by atoms with Crippen LogP contribution < -0.4 is 5.32 Å². The predicted molar refractivity (Wildman–Crippen MR) is 124 cm³/mol. The van der Waals surface area contributed by atoms with Gasteiger partial charge in [0.2, 0.25) is 0 Å². The summed E-state index contributed by atoms with van der Waals surface area (Å²) in [5.74, 6) is -0.785. The average Bonchev–Trinajstić information content (AvgIpc) is 3.49. The Morgan fingerprint density at radius 1 is 1.15 bits per heavy atom. The average molecular weight is 484 g/mol. The third-order valence-electron chi connectivity index (χ3n) is 5.69. The summed E-state index contributed by atoms with van der Waals surface area (Å²) in [6.45, 7) is 1.64.